The Bertz CT molecular complexity index is 934. The number of rotatable bonds is 6. The van der Waals surface area contributed by atoms with Crippen molar-refractivity contribution in [3.8, 4) is 0 Å². The van der Waals surface area contributed by atoms with Crippen LogP contribution in [0.2, 0.25) is 0 Å². The lowest BCUT2D eigenvalue weighted by molar-refractivity contribution is -0.384. The lowest BCUT2D eigenvalue weighted by Gasteiger charge is -2.36. The van der Waals surface area contributed by atoms with Crippen LogP contribution >= 0.6 is 0 Å². The van der Waals surface area contributed by atoms with Crippen molar-refractivity contribution in [3.05, 3.63) is 69.3 Å². The number of benzene rings is 2. The molecule has 8 heteroatoms. The molecule has 1 saturated heterocycles. The van der Waals surface area contributed by atoms with Crippen molar-refractivity contribution in [1.82, 2.24) is 4.90 Å². The van der Waals surface area contributed by atoms with Gasteiger partial charge in [-0.1, -0.05) is 18.2 Å². The molecule has 0 radical (unpaired) electrons. The molecule has 0 aromatic heterocycles. The molecule has 1 aliphatic rings. The van der Waals surface area contributed by atoms with Gasteiger partial charge in [-0.25, -0.2) is 0 Å². The SMILES string of the molecule is Cc1ccc(CC(=O)OCC(=O)N2CCN(c3ccc([N+](=O)[O-])cc3)CC2)cc1C. The van der Waals surface area contributed by atoms with Gasteiger partial charge in [0.05, 0.1) is 11.3 Å². The first-order chi connectivity index (χ1) is 14.3. The summed E-state index contributed by atoms with van der Waals surface area (Å²) in [4.78, 5) is 38.5. The second-order valence-corrected chi connectivity index (χ2v) is 7.40. The summed E-state index contributed by atoms with van der Waals surface area (Å²) in [6.07, 6.45) is 0.141. The predicted octanol–water partition coefficient (Wildman–Crippen LogP) is 2.65. The molecule has 0 spiro atoms. The fourth-order valence-electron chi connectivity index (χ4n) is 3.36. The van der Waals surface area contributed by atoms with Crippen LogP contribution in [-0.2, 0) is 20.7 Å². The number of esters is 1. The molecular weight excluding hydrogens is 386 g/mol. The molecule has 2 aromatic rings. The number of carbonyl (C=O) groups is 2. The first kappa shape index (κ1) is 21.3. The van der Waals surface area contributed by atoms with Gasteiger partial charge in [0.25, 0.3) is 11.6 Å². The number of anilines is 1. The zero-order chi connectivity index (χ0) is 21.7. The second-order valence-electron chi connectivity index (χ2n) is 7.40. The van der Waals surface area contributed by atoms with Gasteiger partial charge in [0, 0.05) is 44.0 Å². The van der Waals surface area contributed by atoms with Crippen LogP contribution in [0.15, 0.2) is 42.5 Å². The van der Waals surface area contributed by atoms with Crippen LogP contribution in [0.5, 0.6) is 0 Å². The molecular formula is C22H25N3O5. The van der Waals surface area contributed by atoms with E-state index in [1.54, 1.807) is 17.0 Å². The highest BCUT2D eigenvalue weighted by Gasteiger charge is 2.22. The van der Waals surface area contributed by atoms with E-state index in [4.69, 9.17) is 4.74 Å². The molecule has 8 nitrogen and oxygen atoms in total. The highest BCUT2D eigenvalue weighted by atomic mass is 16.6. The van der Waals surface area contributed by atoms with E-state index in [9.17, 15) is 19.7 Å². The first-order valence-corrected chi connectivity index (χ1v) is 9.82. The van der Waals surface area contributed by atoms with Crippen molar-refractivity contribution in [1.29, 1.82) is 0 Å². The van der Waals surface area contributed by atoms with E-state index in [0.29, 0.717) is 26.2 Å². The number of hydrogen-bond acceptors (Lipinski definition) is 6. The van der Waals surface area contributed by atoms with Crippen LogP contribution in [0.3, 0.4) is 0 Å². The highest BCUT2D eigenvalue weighted by Crippen LogP contribution is 2.20. The number of aryl methyl sites for hydroxylation is 2. The Morgan fingerprint density at radius 2 is 1.67 bits per heavy atom. The standard InChI is InChI=1S/C22H25N3O5/c1-16-3-4-18(13-17(16)2)14-22(27)30-15-21(26)24-11-9-23(10-12-24)19-5-7-20(8-6-19)25(28)29/h3-8,13H,9-12,14-15H2,1-2H3. The normalized spacial score (nSPS) is 13.8. The smallest absolute Gasteiger partial charge is 0.310 e. The molecule has 0 unspecified atom stereocenters. The molecule has 158 valence electrons. The molecule has 1 fully saturated rings. The summed E-state index contributed by atoms with van der Waals surface area (Å²) in [6, 6.07) is 12.2. The Morgan fingerprint density at radius 1 is 1.00 bits per heavy atom. The third-order valence-electron chi connectivity index (χ3n) is 5.33. The average Bonchev–Trinajstić information content (AvgIpc) is 2.75. The van der Waals surface area contributed by atoms with Gasteiger partial charge < -0.3 is 14.5 Å². The van der Waals surface area contributed by atoms with Gasteiger partial charge in [-0.2, -0.15) is 0 Å². The van der Waals surface area contributed by atoms with E-state index in [2.05, 4.69) is 4.90 Å². The number of nitrogens with zero attached hydrogens (tertiary/aromatic N) is 3. The maximum atomic E-state index is 12.4. The van der Waals surface area contributed by atoms with E-state index < -0.39 is 10.9 Å². The van der Waals surface area contributed by atoms with Crippen LogP contribution in [0.1, 0.15) is 16.7 Å². The summed E-state index contributed by atoms with van der Waals surface area (Å²) in [7, 11) is 0. The summed E-state index contributed by atoms with van der Waals surface area (Å²) in [5, 5.41) is 10.8. The fraction of sp³-hybridized carbons (Fsp3) is 0.364. The molecule has 0 saturated carbocycles. The number of amides is 1. The number of ether oxygens (including phenoxy) is 1. The van der Waals surface area contributed by atoms with Crippen LogP contribution in [0.4, 0.5) is 11.4 Å². The van der Waals surface area contributed by atoms with Crippen molar-refractivity contribution in [3.63, 3.8) is 0 Å². The molecule has 0 atom stereocenters. The van der Waals surface area contributed by atoms with Gasteiger partial charge in [-0.15, -0.1) is 0 Å². The van der Waals surface area contributed by atoms with Crippen molar-refractivity contribution in [2.75, 3.05) is 37.7 Å². The third-order valence-corrected chi connectivity index (χ3v) is 5.33. The Hall–Kier alpha value is -3.42. The first-order valence-electron chi connectivity index (χ1n) is 9.82. The number of carbonyl (C=O) groups excluding carboxylic acids is 2. The van der Waals surface area contributed by atoms with Gasteiger partial charge in [-0.05, 0) is 42.7 Å². The zero-order valence-corrected chi connectivity index (χ0v) is 17.2. The van der Waals surface area contributed by atoms with Crippen LogP contribution < -0.4 is 4.90 Å². The molecule has 0 aliphatic carbocycles. The Morgan fingerprint density at radius 3 is 2.27 bits per heavy atom. The summed E-state index contributed by atoms with van der Waals surface area (Å²) in [5.41, 5.74) is 4.08. The summed E-state index contributed by atoms with van der Waals surface area (Å²) < 4.78 is 5.17. The van der Waals surface area contributed by atoms with Crippen molar-refractivity contribution in [2.24, 2.45) is 0 Å². The average molecular weight is 411 g/mol. The molecule has 30 heavy (non-hydrogen) atoms. The third kappa shape index (κ3) is 5.34. The van der Waals surface area contributed by atoms with E-state index in [1.165, 1.54) is 12.1 Å². The van der Waals surface area contributed by atoms with Crippen LogP contribution in [0.25, 0.3) is 0 Å². The van der Waals surface area contributed by atoms with Crippen LogP contribution in [0, 0.1) is 24.0 Å². The maximum absolute atomic E-state index is 12.4. The zero-order valence-electron chi connectivity index (χ0n) is 17.2. The van der Waals surface area contributed by atoms with Gasteiger partial charge >= 0.3 is 5.97 Å². The summed E-state index contributed by atoms with van der Waals surface area (Å²) in [5.74, 6) is -0.636. The molecule has 0 bridgehead atoms. The summed E-state index contributed by atoms with van der Waals surface area (Å²) in [6.45, 7) is 5.97. The van der Waals surface area contributed by atoms with Gasteiger partial charge in [-0.3, -0.25) is 19.7 Å². The molecule has 1 aliphatic heterocycles. The molecule has 1 heterocycles. The Labute approximate surface area is 175 Å². The van der Waals surface area contributed by atoms with Gasteiger partial charge in [0.15, 0.2) is 6.61 Å². The topological polar surface area (TPSA) is 93.0 Å². The van der Waals surface area contributed by atoms with Crippen molar-refractivity contribution < 1.29 is 19.2 Å². The lowest BCUT2D eigenvalue weighted by atomic mass is 10.0. The van der Waals surface area contributed by atoms with Crippen molar-refractivity contribution in [2.45, 2.75) is 20.3 Å². The van der Waals surface area contributed by atoms with Gasteiger partial charge in [0.2, 0.25) is 0 Å². The molecule has 1 amide bonds. The van der Waals surface area contributed by atoms with E-state index in [-0.39, 0.29) is 24.6 Å². The van der Waals surface area contributed by atoms with E-state index in [1.807, 2.05) is 32.0 Å². The number of nitro benzene ring substituents is 1. The fourth-order valence-corrected chi connectivity index (χ4v) is 3.36. The highest BCUT2D eigenvalue weighted by molar-refractivity contribution is 5.81. The molecule has 2 aromatic carbocycles. The van der Waals surface area contributed by atoms with E-state index in [0.717, 1.165) is 22.4 Å². The van der Waals surface area contributed by atoms with Crippen molar-refractivity contribution >= 4 is 23.3 Å². The Balaban J connectivity index is 1.44. The number of non-ortho nitro benzene ring substituents is 1. The van der Waals surface area contributed by atoms with E-state index >= 15 is 0 Å². The quantitative estimate of drug-likeness (QED) is 0.412. The molecule has 0 N–H and O–H groups in total. The minimum Gasteiger partial charge on any atom is -0.455 e. The minimum absolute atomic E-state index is 0.0511. The second kappa shape index (κ2) is 9.39. The minimum atomic E-state index is -0.429. The number of nitro groups is 1. The number of hydrogen-bond donors (Lipinski definition) is 0. The summed E-state index contributed by atoms with van der Waals surface area (Å²) >= 11 is 0. The number of piperazine rings is 1. The lowest BCUT2D eigenvalue weighted by Crippen LogP contribution is -2.49. The largest absolute Gasteiger partial charge is 0.455 e. The Kier molecular flexibility index (Phi) is 6.66. The van der Waals surface area contributed by atoms with Gasteiger partial charge in [0.1, 0.15) is 0 Å². The van der Waals surface area contributed by atoms with Crippen LogP contribution in [-0.4, -0.2) is 54.5 Å². The predicted molar refractivity (Wildman–Crippen MR) is 112 cm³/mol. The monoisotopic (exact) mass is 411 g/mol. The maximum Gasteiger partial charge on any atom is 0.310 e. The molecule has 3 rings (SSSR count).